The molecule has 1 aromatic carbocycles. The molecule has 1 aliphatic rings. The number of allylic oxidation sites excluding steroid dienone is 1. The lowest BCUT2D eigenvalue weighted by Crippen LogP contribution is -2.44. The number of hydrogen-bond donors (Lipinski definition) is 0. The SMILES string of the molecule is C=C(C)N1CCN(Cc2cccc(CC)c2)CC1. The van der Waals surface area contributed by atoms with Crippen molar-refractivity contribution in [2.75, 3.05) is 26.2 Å². The standard InChI is InChI=1S/C16H24N2/c1-4-15-6-5-7-16(12-15)13-17-8-10-18(11-9-17)14(2)3/h5-7,12H,2,4,8-11,13H2,1,3H3. The molecular weight excluding hydrogens is 220 g/mol. The highest BCUT2D eigenvalue weighted by Crippen LogP contribution is 2.12. The minimum atomic E-state index is 1.08. The Hall–Kier alpha value is -1.28. The van der Waals surface area contributed by atoms with E-state index in [0.717, 1.165) is 39.1 Å². The second-order valence-electron chi connectivity index (χ2n) is 5.17. The zero-order valence-corrected chi connectivity index (χ0v) is 11.7. The summed E-state index contributed by atoms with van der Waals surface area (Å²) in [5.41, 5.74) is 4.08. The fourth-order valence-corrected chi connectivity index (χ4v) is 2.49. The van der Waals surface area contributed by atoms with Crippen LogP contribution in [-0.4, -0.2) is 36.0 Å². The molecule has 0 spiro atoms. The summed E-state index contributed by atoms with van der Waals surface area (Å²) in [6, 6.07) is 8.97. The zero-order valence-electron chi connectivity index (χ0n) is 11.7. The van der Waals surface area contributed by atoms with Gasteiger partial charge in [-0.1, -0.05) is 37.8 Å². The molecule has 0 saturated carbocycles. The molecule has 0 unspecified atom stereocenters. The Morgan fingerprint density at radius 1 is 1.17 bits per heavy atom. The van der Waals surface area contributed by atoms with Gasteiger partial charge in [0.2, 0.25) is 0 Å². The van der Waals surface area contributed by atoms with Crippen LogP contribution < -0.4 is 0 Å². The van der Waals surface area contributed by atoms with Crippen LogP contribution in [0.3, 0.4) is 0 Å². The number of aryl methyl sites for hydroxylation is 1. The Morgan fingerprint density at radius 3 is 2.44 bits per heavy atom. The Bertz CT molecular complexity index is 403. The van der Waals surface area contributed by atoms with E-state index in [1.807, 2.05) is 0 Å². The van der Waals surface area contributed by atoms with Gasteiger partial charge in [-0.3, -0.25) is 4.90 Å². The van der Waals surface area contributed by atoms with E-state index in [9.17, 15) is 0 Å². The number of hydrogen-bond acceptors (Lipinski definition) is 2. The zero-order chi connectivity index (χ0) is 13.0. The highest BCUT2D eigenvalue weighted by Gasteiger charge is 2.16. The van der Waals surface area contributed by atoms with Crippen molar-refractivity contribution in [2.24, 2.45) is 0 Å². The number of piperazine rings is 1. The van der Waals surface area contributed by atoms with Gasteiger partial charge >= 0.3 is 0 Å². The molecule has 0 atom stereocenters. The minimum Gasteiger partial charge on any atom is -0.373 e. The first-order chi connectivity index (χ1) is 8.69. The maximum absolute atomic E-state index is 4.02. The second-order valence-corrected chi connectivity index (χ2v) is 5.17. The van der Waals surface area contributed by atoms with Crippen molar-refractivity contribution in [3.05, 3.63) is 47.7 Å². The second kappa shape index (κ2) is 6.05. The molecule has 0 aromatic heterocycles. The smallest absolute Gasteiger partial charge is 0.0303 e. The molecule has 1 aromatic rings. The summed E-state index contributed by atoms with van der Waals surface area (Å²) in [4.78, 5) is 4.91. The molecule has 1 saturated heterocycles. The summed E-state index contributed by atoms with van der Waals surface area (Å²) in [5, 5.41) is 0. The molecule has 0 aliphatic carbocycles. The molecule has 2 nitrogen and oxygen atoms in total. The van der Waals surface area contributed by atoms with E-state index in [0.29, 0.717) is 0 Å². The van der Waals surface area contributed by atoms with Gasteiger partial charge in [-0.25, -0.2) is 0 Å². The van der Waals surface area contributed by atoms with Crippen LogP contribution in [0.5, 0.6) is 0 Å². The highest BCUT2D eigenvalue weighted by molar-refractivity contribution is 5.23. The van der Waals surface area contributed by atoms with E-state index in [1.165, 1.54) is 16.8 Å². The highest BCUT2D eigenvalue weighted by atomic mass is 15.3. The van der Waals surface area contributed by atoms with Gasteiger partial charge in [0.1, 0.15) is 0 Å². The first kappa shape index (κ1) is 13.2. The topological polar surface area (TPSA) is 6.48 Å². The van der Waals surface area contributed by atoms with E-state index in [-0.39, 0.29) is 0 Å². The summed E-state index contributed by atoms with van der Waals surface area (Å²) >= 11 is 0. The Labute approximate surface area is 111 Å². The monoisotopic (exact) mass is 244 g/mol. The predicted octanol–water partition coefficient (Wildman–Crippen LogP) is 2.90. The Balaban J connectivity index is 1.89. The van der Waals surface area contributed by atoms with Gasteiger partial charge in [0.15, 0.2) is 0 Å². The molecule has 0 amide bonds. The summed E-state index contributed by atoms with van der Waals surface area (Å²) in [7, 11) is 0. The summed E-state index contributed by atoms with van der Waals surface area (Å²) < 4.78 is 0. The van der Waals surface area contributed by atoms with Crippen LogP contribution in [0.1, 0.15) is 25.0 Å². The third-order valence-corrected chi connectivity index (χ3v) is 3.72. The third-order valence-electron chi connectivity index (χ3n) is 3.72. The van der Waals surface area contributed by atoms with Gasteiger partial charge in [-0.05, 0) is 24.5 Å². The van der Waals surface area contributed by atoms with Gasteiger partial charge in [0.25, 0.3) is 0 Å². The van der Waals surface area contributed by atoms with Crippen LogP contribution >= 0.6 is 0 Å². The largest absolute Gasteiger partial charge is 0.373 e. The van der Waals surface area contributed by atoms with Crippen LogP contribution in [0.4, 0.5) is 0 Å². The lowest BCUT2D eigenvalue weighted by atomic mass is 10.1. The molecule has 1 aliphatic heterocycles. The maximum atomic E-state index is 4.02. The van der Waals surface area contributed by atoms with Crippen molar-refractivity contribution in [2.45, 2.75) is 26.8 Å². The lowest BCUT2D eigenvalue weighted by Gasteiger charge is -2.36. The Morgan fingerprint density at radius 2 is 1.83 bits per heavy atom. The van der Waals surface area contributed by atoms with E-state index >= 15 is 0 Å². The van der Waals surface area contributed by atoms with E-state index in [1.54, 1.807) is 0 Å². The van der Waals surface area contributed by atoms with E-state index < -0.39 is 0 Å². The third kappa shape index (κ3) is 3.36. The fraction of sp³-hybridized carbons (Fsp3) is 0.500. The number of rotatable bonds is 4. The molecule has 0 radical (unpaired) electrons. The quantitative estimate of drug-likeness (QED) is 0.803. The van der Waals surface area contributed by atoms with Gasteiger partial charge in [0.05, 0.1) is 0 Å². The lowest BCUT2D eigenvalue weighted by molar-refractivity contribution is 0.153. The molecule has 1 heterocycles. The molecule has 2 heteroatoms. The maximum Gasteiger partial charge on any atom is 0.0303 e. The molecule has 0 bridgehead atoms. The molecule has 98 valence electrons. The van der Waals surface area contributed by atoms with Crippen LogP contribution in [-0.2, 0) is 13.0 Å². The summed E-state index contributed by atoms with van der Waals surface area (Å²) in [5.74, 6) is 0. The first-order valence-electron chi connectivity index (χ1n) is 6.89. The van der Waals surface area contributed by atoms with Gasteiger partial charge in [0, 0.05) is 38.4 Å². The normalized spacial score (nSPS) is 16.9. The Kier molecular flexibility index (Phi) is 4.43. The molecule has 2 rings (SSSR count). The van der Waals surface area contributed by atoms with Crippen molar-refractivity contribution < 1.29 is 0 Å². The van der Waals surface area contributed by atoms with Crippen molar-refractivity contribution >= 4 is 0 Å². The van der Waals surface area contributed by atoms with Crippen molar-refractivity contribution in [1.29, 1.82) is 0 Å². The van der Waals surface area contributed by atoms with Crippen LogP contribution in [0.2, 0.25) is 0 Å². The fourth-order valence-electron chi connectivity index (χ4n) is 2.49. The summed E-state index contributed by atoms with van der Waals surface area (Å²) in [6.07, 6.45) is 1.12. The summed E-state index contributed by atoms with van der Waals surface area (Å²) in [6.45, 7) is 13.9. The average molecular weight is 244 g/mol. The molecule has 18 heavy (non-hydrogen) atoms. The van der Waals surface area contributed by atoms with Gasteiger partial charge < -0.3 is 4.90 Å². The van der Waals surface area contributed by atoms with E-state index in [2.05, 4.69) is 54.5 Å². The van der Waals surface area contributed by atoms with Crippen molar-refractivity contribution in [3.8, 4) is 0 Å². The minimum absolute atomic E-state index is 1.08. The molecule has 0 N–H and O–H groups in total. The van der Waals surface area contributed by atoms with E-state index in [4.69, 9.17) is 0 Å². The number of nitrogens with zero attached hydrogens (tertiary/aromatic N) is 2. The van der Waals surface area contributed by atoms with Crippen LogP contribution in [0.15, 0.2) is 36.5 Å². The van der Waals surface area contributed by atoms with Crippen LogP contribution in [0.25, 0.3) is 0 Å². The van der Waals surface area contributed by atoms with Gasteiger partial charge in [-0.2, -0.15) is 0 Å². The average Bonchev–Trinajstić information content (AvgIpc) is 2.39. The predicted molar refractivity (Wildman–Crippen MR) is 77.5 cm³/mol. The first-order valence-corrected chi connectivity index (χ1v) is 6.89. The van der Waals surface area contributed by atoms with Crippen LogP contribution in [0, 0.1) is 0 Å². The molecule has 1 fully saturated rings. The number of benzene rings is 1. The van der Waals surface area contributed by atoms with Gasteiger partial charge in [-0.15, -0.1) is 0 Å². The van der Waals surface area contributed by atoms with Crippen molar-refractivity contribution in [3.63, 3.8) is 0 Å². The molecular formula is C16H24N2. The van der Waals surface area contributed by atoms with Crippen molar-refractivity contribution in [1.82, 2.24) is 9.80 Å².